The molecule has 0 atom stereocenters. The van der Waals surface area contributed by atoms with Crippen LogP contribution in [0.4, 0.5) is 0 Å². The van der Waals surface area contributed by atoms with E-state index < -0.39 is 0 Å². The third-order valence-electron chi connectivity index (χ3n) is 3.76. The predicted octanol–water partition coefficient (Wildman–Crippen LogP) is 3.37. The van der Waals surface area contributed by atoms with Gasteiger partial charge in [0.15, 0.2) is 0 Å². The maximum atomic E-state index is 6.16. The number of hydrogen-bond donors (Lipinski definition) is 1. The highest BCUT2D eigenvalue weighted by atomic mass is 14.7. The molecule has 2 rings (SSSR count). The van der Waals surface area contributed by atoms with E-state index in [-0.39, 0.29) is 5.54 Å². The average molecular weight is 203 g/mol. The van der Waals surface area contributed by atoms with E-state index in [9.17, 15) is 0 Å². The summed E-state index contributed by atoms with van der Waals surface area (Å²) in [5.41, 5.74) is 9.21. The number of nitrogens with two attached hydrogens (primary N) is 1. The molecule has 0 radical (unpaired) electrons. The summed E-state index contributed by atoms with van der Waals surface area (Å²) in [6.07, 6.45) is 4.81. The molecule has 0 unspecified atom stereocenters. The van der Waals surface area contributed by atoms with E-state index >= 15 is 0 Å². The fraction of sp³-hybridized carbons (Fsp3) is 0.571. The molecular formula is C14H21N. The molecule has 1 fully saturated rings. The highest BCUT2D eigenvalue weighted by Crippen LogP contribution is 2.37. The van der Waals surface area contributed by atoms with Crippen LogP contribution < -0.4 is 5.73 Å². The molecule has 0 aliphatic heterocycles. The molecule has 1 aromatic carbocycles. The zero-order valence-electron chi connectivity index (χ0n) is 9.79. The Morgan fingerprint density at radius 2 is 1.80 bits per heavy atom. The molecule has 0 aromatic heterocycles. The lowest BCUT2D eigenvalue weighted by molar-refractivity contribution is 0.295. The van der Waals surface area contributed by atoms with Crippen LogP contribution in [0.3, 0.4) is 0 Å². The SMILES string of the molecule is Cc1ccccc1C1CCC(C)(N)CC1. The summed E-state index contributed by atoms with van der Waals surface area (Å²) in [4.78, 5) is 0. The second kappa shape index (κ2) is 3.97. The van der Waals surface area contributed by atoms with Gasteiger partial charge in [0.1, 0.15) is 0 Å². The monoisotopic (exact) mass is 203 g/mol. The molecule has 1 heteroatoms. The molecule has 82 valence electrons. The first kappa shape index (κ1) is 10.7. The third kappa shape index (κ3) is 2.40. The summed E-state index contributed by atoms with van der Waals surface area (Å²) in [6, 6.07) is 8.76. The number of aryl methyl sites for hydroxylation is 1. The van der Waals surface area contributed by atoms with E-state index in [0.717, 1.165) is 18.8 Å². The van der Waals surface area contributed by atoms with Crippen molar-refractivity contribution >= 4 is 0 Å². The molecule has 1 saturated carbocycles. The highest BCUT2D eigenvalue weighted by Gasteiger charge is 2.28. The third-order valence-corrected chi connectivity index (χ3v) is 3.76. The summed E-state index contributed by atoms with van der Waals surface area (Å²) >= 11 is 0. The summed E-state index contributed by atoms with van der Waals surface area (Å²) in [5.74, 6) is 0.739. The van der Waals surface area contributed by atoms with Crippen LogP contribution in [0.5, 0.6) is 0 Å². The molecule has 1 nitrogen and oxygen atoms in total. The molecule has 0 heterocycles. The highest BCUT2D eigenvalue weighted by molar-refractivity contribution is 5.29. The second-order valence-electron chi connectivity index (χ2n) is 5.28. The Kier molecular flexibility index (Phi) is 2.83. The van der Waals surface area contributed by atoms with Gasteiger partial charge in [0.2, 0.25) is 0 Å². The van der Waals surface area contributed by atoms with Crippen molar-refractivity contribution in [3.05, 3.63) is 35.4 Å². The van der Waals surface area contributed by atoms with E-state index in [1.807, 2.05) is 0 Å². The summed E-state index contributed by atoms with van der Waals surface area (Å²) in [5, 5.41) is 0. The molecule has 0 saturated heterocycles. The Labute approximate surface area is 92.7 Å². The summed E-state index contributed by atoms with van der Waals surface area (Å²) < 4.78 is 0. The lowest BCUT2D eigenvalue weighted by atomic mass is 9.75. The summed E-state index contributed by atoms with van der Waals surface area (Å²) in [6.45, 7) is 4.40. The molecule has 1 aliphatic carbocycles. The molecule has 1 aromatic rings. The zero-order valence-corrected chi connectivity index (χ0v) is 9.79. The fourth-order valence-corrected chi connectivity index (χ4v) is 2.63. The van der Waals surface area contributed by atoms with Crippen LogP contribution in [0.1, 0.15) is 49.7 Å². The van der Waals surface area contributed by atoms with Crippen LogP contribution in [0.2, 0.25) is 0 Å². The van der Waals surface area contributed by atoms with Crippen molar-refractivity contribution in [2.24, 2.45) is 5.73 Å². The first-order valence-corrected chi connectivity index (χ1v) is 5.93. The Morgan fingerprint density at radius 3 is 2.40 bits per heavy atom. The lowest BCUT2D eigenvalue weighted by Gasteiger charge is -2.34. The van der Waals surface area contributed by atoms with Crippen LogP contribution in [0.15, 0.2) is 24.3 Å². The molecule has 0 spiro atoms. The van der Waals surface area contributed by atoms with E-state index in [1.165, 1.54) is 24.0 Å². The largest absolute Gasteiger partial charge is 0.325 e. The van der Waals surface area contributed by atoms with Gasteiger partial charge in [0, 0.05) is 5.54 Å². The van der Waals surface area contributed by atoms with Gasteiger partial charge in [-0.15, -0.1) is 0 Å². The lowest BCUT2D eigenvalue weighted by Crippen LogP contribution is -2.39. The van der Waals surface area contributed by atoms with Crippen LogP contribution in [0, 0.1) is 6.92 Å². The van der Waals surface area contributed by atoms with Crippen molar-refractivity contribution in [2.75, 3.05) is 0 Å². The Balaban J connectivity index is 2.11. The van der Waals surface area contributed by atoms with Crippen LogP contribution in [-0.4, -0.2) is 5.54 Å². The summed E-state index contributed by atoms with van der Waals surface area (Å²) in [7, 11) is 0. The van der Waals surface area contributed by atoms with Gasteiger partial charge in [-0.1, -0.05) is 24.3 Å². The van der Waals surface area contributed by atoms with Crippen molar-refractivity contribution in [1.82, 2.24) is 0 Å². The minimum atomic E-state index is 0.0825. The molecular weight excluding hydrogens is 182 g/mol. The molecule has 15 heavy (non-hydrogen) atoms. The molecule has 2 N–H and O–H groups in total. The van der Waals surface area contributed by atoms with Crippen molar-refractivity contribution in [3.63, 3.8) is 0 Å². The van der Waals surface area contributed by atoms with Gasteiger partial charge >= 0.3 is 0 Å². The topological polar surface area (TPSA) is 26.0 Å². The normalized spacial score (nSPS) is 31.5. The first-order chi connectivity index (χ1) is 7.08. The van der Waals surface area contributed by atoms with Gasteiger partial charge in [-0.2, -0.15) is 0 Å². The first-order valence-electron chi connectivity index (χ1n) is 5.93. The predicted molar refractivity (Wildman–Crippen MR) is 65.0 cm³/mol. The molecule has 1 aliphatic rings. The van der Waals surface area contributed by atoms with Crippen molar-refractivity contribution in [3.8, 4) is 0 Å². The van der Waals surface area contributed by atoms with Crippen molar-refractivity contribution in [1.29, 1.82) is 0 Å². The standard InChI is InChI=1S/C14H21N/c1-11-5-3-4-6-13(11)12-7-9-14(2,15)10-8-12/h3-6,12H,7-10,15H2,1-2H3. The van der Waals surface area contributed by atoms with Gasteiger partial charge in [0.05, 0.1) is 0 Å². The zero-order chi connectivity index (χ0) is 10.9. The number of hydrogen-bond acceptors (Lipinski definition) is 1. The van der Waals surface area contributed by atoms with Gasteiger partial charge in [-0.3, -0.25) is 0 Å². The maximum absolute atomic E-state index is 6.16. The smallest absolute Gasteiger partial charge is 0.0126 e. The van der Waals surface area contributed by atoms with E-state index in [0.29, 0.717) is 0 Å². The van der Waals surface area contributed by atoms with E-state index in [2.05, 4.69) is 38.1 Å². The Bertz CT molecular complexity index is 331. The second-order valence-corrected chi connectivity index (χ2v) is 5.28. The number of benzene rings is 1. The Morgan fingerprint density at radius 1 is 1.20 bits per heavy atom. The van der Waals surface area contributed by atoms with Crippen LogP contribution in [0.25, 0.3) is 0 Å². The Hall–Kier alpha value is -0.820. The van der Waals surface area contributed by atoms with E-state index in [4.69, 9.17) is 5.73 Å². The fourth-order valence-electron chi connectivity index (χ4n) is 2.63. The minimum absolute atomic E-state index is 0.0825. The molecule has 0 amide bonds. The quantitative estimate of drug-likeness (QED) is 0.744. The van der Waals surface area contributed by atoms with Crippen molar-refractivity contribution < 1.29 is 0 Å². The van der Waals surface area contributed by atoms with Crippen molar-refractivity contribution in [2.45, 2.75) is 51.0 Å². The van der Waals surface area contributed by atoms with Gasteiger partial charge in [-0.25, -0.2) is 0 Å². The number of rotatable bonds is 1. The van der Waals surface area contributed by atoms with Gasteiger partial charge < -0.3 is 5.73 Å². The molecule has 0 bridgehead atoms. The van der Waals surface area contributed by atoms with Gasteiger partial charge in [0.25, 0.3) is 0 Å². The van der Waals surface area contributed by atoms with Crippen LogP contribution >= 0.6 is 0 Å². The van der Waals surface area contributed by atoms with Gasteiger partial charge in [-0.05, 0) is 56.6 Å². The maximum Gasteiger partial charge on any atom is 0.0126 e. The minimum Gasteiger partial charge on any atom is -0.325 e. The van der Waals surface area contributed by atoms with Crippen LogP contribution in [-0.2, 0) is 0 Å². The van der Waals surface area contributed by atoms with E-state index in [1.54, 1.807) is 0 Å². The average Bonchev–Trinajstić information content (AvgIpc) is 2.19.